The van der Waals surface area contributed by atoms with E-state index < -0.39 is 0 Å². The summed E-state index contributed by atoms with van der Waals surface area (Å²) in [6.45, 7) is 6.20. The van der Waals surface area contributed by atoms with Crippen LogP contribution < -0.4 is 0 Å². The number of allylic oxidation sites excluding steroid dienone is 6. The molecule has 17 heavy (non-hydrogen) atoms. The highest BCUT2D eigenvalue weighted by molar-refractivity contribution is 6.09. The maximum absolute atomic E-state index is 4.30. The van der Waals surface area contributed by atoms with Crippen LogP contribution in [0.3, 0.4) is 0 Å². The van der Waals surface area contributed by atoms with E-state index >= 15 is 0 Å². The molecule has 1 rings (SSSR count). The fraction of sp³-hybridized carbons (Fsp3) is 0.467. The van der Waals surface area contributed by atoms with Crippen LogP contribution in [-0.2, 0) is 0 Å². The summed E-state index contributed by atoms with van der Waals surface area (Å²) < 4.78 is 0. The molecule has 0 aromatic heterocycles. The summed E-state index contributed by atoms with van der Waals surface area (Å²) in [5, 5.41) is 8.32. The fourth-order valence-electron chi connectivity index (χ4n) is 1.79. The molecule has 0 aromatic rings. The lowest BCUT2D eigenvalue weighted by atomic mass is 10.0. The Bertz CT molecular complexity index is 382. The molecule has 0 amide bonds. The lowest BCUT2D eigenvalue weighted by Gasteiger charge is -2.04. The Labute approximate surface area is 105 Å². The molecule has 0 heterocycles. The molecular weight excluding hydrogens is 208 g/mol. The van der Waals surface area contributed by atoms with Crippen molar-refractivity contribution in [2.24, 2.45) is 10.2 Å². The number of rotatable bonds is 2. The third kappa shape index (κ3) is 4.94. The molecule has 0 N–H and O–H groups in total. The van der Waals surface area contributed by atoms with Crippen molar-refractivity contribution in [2.45, 2.75) is 46.5 Å². The molecule has 0 atom stereocenters. The van der Waals surface area contributed by atoms with Gasteiger partial charge in [0.05, 0.1) is 5.71 Å². The first-order valence-corrected chi connectivity index (χ1v) is 6.35. The van der Waals surface area contributed by atoms with Crippen LogP contribution in [0.4, 0.5) is 0 Å². The third-order valence-electron chi connectivity index (χ3n) is 2.65. The van der Waals surface area contributed by atoms with E-state index in [4.69, 9.17) is 0 Å². The van der Waals surface area contributed by atoms with Crippen molar-refractivity contribution < 1.29 is 0 Å². The Hall–Kier alpha value is -1.44. The molecule has 0 fully saturated rings. The maximum atomic E-state index is 4.30. The number of hydrogen-bond donors (Lipinski definition) is 0. The molecule has 2 nitrogen and oxygen atoms in total. The van der Waals surface area contributed by atoms with Crippen molar-refractivity contribution in [1.29, 1.82) is 0 Å². The molecule has 0 spiro atoms. The van der Waals surface area contributed by atoms with Gasteiger partial charge in [0.25, 0.3) is 0 Å². The Kier molecular flexibility index (Phi) is 6.23. The SMILES string of the molecule is C\C=N/N=C1\C=C(C)CC/C=C\C\C1=C/CC. The molecule has 2 heteroatoms. The van der Waals surface area contributed by atoms with Gasteiger partial charge in [0.2, 0.25) is 0 Å². The zero-order valence-corrected chi connectivity index (χ0v) is 11.1. The highest BCUT2D eigenvalue weighted by Crippen LogP contribution is 2.16. The van der Waals surface area contributed by atoms with Crippen molar-refractivity contribution in [1.82, 2.24) is 0 Å². The normalized spacial score (nSPS) is 24.5. The highest BCUT2D eigenvalue weighted by atomic mass is 15.2. The summed E-state index contributed by atoms with van der Waals surface area (Å²) in [5.74, 6) is 0. The quantitative estimate of drug-likeness (QED) is 0.380. The lowest BCUT2D eigenvalue weighted by Crippen LogP contribution is -1.99. The van der Waals surface area contributed by atoms with Crippen molar-refractivity contribution in [2.75, 3.05) is 0 Å². The zero-order chi connectivity index (χ0) is 12.5. The van der Waals surface area contributed by atoms with Gasteiger partial charge in [-0.15, -0.1) is 0 Å². The van der Waals surface area contributed by atoms with E-state index in [1.807, 2.05) is 6.92 Å². The van der Waals surface area contributed by atoms with E-state index in [-0.39, 0.29) is 0 Å². The maximum Gasteiger partial charge on any atom is 0.0888 e. The van der Waals surface area contributed by atoms with E-state index in [1.54, 1.807) is 6.21 Å². The summed E-state index contributed by atoms with van der Waals surface area (Å²) in [5.41, 5.74) is 3.65. The van der Waals surface area contributed by atoms with Crippen LogP contribution in [0.1, 0.15) is 46.5 Å². The molecule has 1 aliphatic carbocycles. The van der Waals surface area contributed by atoms with Crippen molar-refractivity contribution in [3.63, 3.8) is 0 Å². The Morgan fingerprint density at radius 3 is 2.88 bits per heavy atom. The molecule has 0 saturated carbocycles. The second-order valence-electron chi connectivity index (χ2n) is 4.20. The van der Waals surface area contributed by atoms with Crippen LogP contribution in [-0.4, -0.2) is 11.9 Å². The Morgan fingerprint density at radius 2 is 2.18 bits per heavy atom. The van der Waals surface area contributed by atoms with Gasteiger partial charge in [-0.25, -0.2) is 0 Å². The van der Waals surface area contributed by atoms with Gasteiger partial charge >= 0.3 is 0 Å². The van der Waals surface area contributed by atoms with Crippen LogP contribution in [0.25, 0.3) is 0 Å². The Morgan fingerprint density at radius 1 is 1.35 bits per heavy atom. The van der Waals surface area contributed by atoms with Crippen molar-refractivity contribution in [3.05, 3.63) is 35.5 Å². The van der Waals surface area contributed by atoms with Gasteiger partial charge < -0.3 is 0 Å². The predicted molar refractivity (Wildman–Crippen MR) is 76.7 cm³/mol. The zero-order valence-electron chi connectivity index (χ0n) is 11.1. The average molecular weight is 230 g/mol. The van der Waals surface area contributed by atoms with E-state index in [9.17, 15) is 0 Å². The van der Waals surface area contributed by atoms with Crippen LogP contribution >= 0.6 is 0 Å². The van der Waals surface area contributed by atoms with Gasteiger partial charge in [-0.1, -0.05) is 30.7 Å². The molecule has 0 saturated heterocycles. The molecule has 0 aromatic carbocycles. The second kappa shape index (κ2) is 7.77. The fourth-order valence-corrected chi connectivity index (χ4v) is 1.79. The summed E-state index contributed by atoms with van der Waals surface area (Å²) in [7, 11) is 0. The van der Waals surface area contributed by atoms with Crippen LogP contribution in [0.15, 0.2) is 45.7 Å². The van der Waals surface area contributed by atoms with Gasteiger partial charge in [0.1, 0.15) is 0 Å². The largest absolute Gasteiger partial charge is 0.163 e. The Balaban J connectivity index is 3.10. The van der Waals surface area contributed by atoms with Crippen LogP contribution in [0.5, 0.6) is 0 Å². The third-order valence-corrected chi connectivity index (χ3v) is 2.65. The van der Waals surface area contributed by atoms with E-state index in [1.165, 1.54) is 11.1 Å². The molecule has 0 unspecified atom stereocenters. The number of nitrogens with zero attached hydrogens (tertiary/aromatic N) is 2. The average Bonchev–Trinajstić information content (AvgIpc) is 2.39. The van der Waals surface area contributed by atoms with Gasteiger partial charge in [-0.3, -0.25) is 0 Å². The monoisotopic (exact) mass is 230 g/mol. The minimum Gasteiger partial charge on any atom is -0.163 e. The molecule has 92 valence electrons. The molecule has 0 aliphatic heterocycles. The minimum atomic E-state index is 0.954. The van der Waals surface area contributed by atoms with Gasteiger partial charge in [0, 0.05) is 6.21 Å². The summed E-state index contributed by atoms with van der Waals surface area (Å²) in [6.07, 6.45) is 14.8. The summed E-state index contributed by atoms with van der Waals surface area (Å²) in [4.78, 5) is 0. The van der Waals surface area contributed by atoms with E-state index in [0.29, 0.717) is 0 Å². The van der Waals surface area contributed by atoms with Crippen molar-refractivity contribution in [3.8, 4) is 0 Å². The standard InChI is InChI=1S/C15H22N2/c1-4-9-14-11-8-6-7-10-13(3)12-15(14)17-16-5-2/h5-6,8-9,12H,4,7,10-11H2,1-3H3/b8-6-,13-12?,14-9+,16-5-,17-15+. The highest BCUT2D eigenvalue weighted by Gasteiger charge is 2.05. The summed E-state index contributed by atoms with van der Waals surface area (Å²) >= 11 is 0. The van der Waals surface area contributed by atoms with Crippen molar-refractivity contribution >= 4 is 11.9 Å². The van der Waals surface area contributed by atoms with Gasteiger partial charge in [-0.05, 0) is 51.2 Å². The molecular formula is C15H22N2. The van der Waals surface area contributed by atoms with E-state index in [2.05, 4.69) is 48.4 Å². The lowest BCUT2D eigenvalue weighted by molar-refractivity contribution is 0.978. The molecule has 1 aliphatic rings. The number of hydrogen-bond acceptors (Lipinski definition) is 2. The first-order valence-electron chi connectivity index (χ1n) is 6.35. The topological polar surface area (TPSA) is 24.7 Å². The first kappa shape index (κ1) is 13.6. The van der Waals surface area contributed by atoms with Gasteiger partial charge in [-0.2, -0.15) is 10.2 Å². The van der Waals surface area contributed by atoms with Crippen LogP contribution in [0.2, 0.25) is 0 Å². The smallest absolute Gasteiger partial charge is 0.0888 e. The van der Waals surface area contributed by atoms with Crippen LogP contribution in [0, 0.1) is 0 Å². The molecule has 0 bridgehead atoms. The predicted octanol–water partition coefficient (Wildman–Crippen LogP) is 4.46. The second-order valence-corrected chi connectivity index (χ2v) is 4.20. The van der Waals surface area contributed by atoms with E-state index in [0.717, 1.165) is 31.4 Å². The summed E-state index contributed by atoms with van der Waals surface area (Å²) in [6, 6.07) is 0. The minimum absolute atomic E-state index is 0.954. The van der Waals surface area contributed by atoms with Gasteiger partial charge in [0.15, 0.2) is 0 Å². The molecule has 0 radical (unpaired) electrons. The first-order chi connectivity index (χ1) is 8.27.